The number of halogens is 1. The van der Waals surface area contributed by atoms with Crippen molar-refractivity contribution in [1.29, 1.82) is 5.26 Å². The lowest BCUT2D eigenvalue weighted by molar-refractivity contribution is 0.548. The van der Waals surface area contributed by atoms with Crippen molar-refractivity contribution in [3.8, 4) is 17.3 Å². The van der Waals surface area contributed by atoms with Gasteiger partial charge in [-0.2, -0.15) is 5.26 Å². The quantitative estimate of drug-likeness (QED) is 0.732. The molecule has 0 amide bonds. The fourth-order valence-corrected chi connectivity index (χ4v) is 2.61. The van der Waals surface area contributed by atoms with E-state index in [0.29, 0.717) is 16.4 Å². The smallest absolute Gasteiger partial charge is 0.190 e. The molecule has 3 rings (SSSR count). The first-order chi connectivity index (χ1) is 10.7. The molecular formula is C17H13ClN4. The Labute approximate surface area is 133 Å². The maximum absolute atomic E-state index is 9.32. The molecule has 1 aromatic heterocycles. The summed E-state index contributed by atoms with van der Waals surface area (Å²) in [4.78, 5) is 0. The summed E-state index contributed by atoms with van der Waals surface area (Å²) in [6, 6.07) is 19.4. The largest absolute Gasteiger partial charge is 0.236 e. The molecule has 0 aliphatic rings. The Bertz CT molecular complexity index is 833. The van der Waals surface area contributed by atoms with E-state index in [2.05, 4.69) is 16.4 Å². The van der Waals surface area contributed by atoms with Crippen molar-refractivity contribution in [2.24, 2.45) is 0 Å². The number of rotatable bonds is 3. The zero-order valence-corrected chi connectivity index (χ0v) is 12.7. The van der Waals surface area contributed by atoms with Gasteiger partial charge < -0.3 is 0 Å². The van der Waals surface area contributed by atoms with Crippen LogP contribution >= 0.6 is 11.6 Å². The van der Waals surface area contributed by atoms with Crippen LogP contribution in [0.1, 0.15) is 24.2 Å². The zero-order chi connectivity index (χ0) is 15.5. The van der Waals surface area contributed by atoms with Crippen LogP contribution in [-0.2, 0) is 0 Å². The van der Waals surface area contributed by atoms with Gasteiger partial charge in [-0.15, -0.1) is 5.10 Å². The minimum Gasteiger partial charge on any atom is -0.236 e. The molecule has 0 N–H and O–H groups in total. The van der Waals surface area contributed by atoms with Crippen molar-refractivity contribution in [1.82, 2.24) is 15.0 Å². The van der Waals surface area contributed by atoms with Gasteiger partial charge in [-0.1, -0.05) is 59.3 Å². The standard InChI is InChI=1S/C17H13ClN4/c1-12(13-6-3-2-4-7-13)22-17(16(11-19)20-21-22)14-8-5-9-15(18)10-14/h2-10,12H,1H3. The maximum atomic E-state index is 9.32. The van der Waals surface area contributed by atoms with Gasteiger partial charge in [0.05, 0.1) is 6.04 Å². The van der Waals surface area contributed by atoms with Crippen LogP contribution < -0.4 is 0 Å². The highest BCUT2D eigenvalue weighted by Gasteiger charge is 2.19. The summed E-state index contributed by atoms with van der Waals surface area (Å²) >= 11 is 6.07. The summed E-state index contributed by atoms with van der Waals surface area (Å²) in [5.74, 6) is 0. The molecule has 0 fully saturated rings. The molecule has 4 nitrogen and oxygen atoms in total. The van der Waals surface area contributed by atoms with E-state index in [-0.39, 0.29) is 6.04 Å². The Morgan fingerprint density at radius 1 is 1.14 bits per heavy atom. The van der Waals surface area contributed by atoms with Crippen LogP contribution in [0.4, 0.5) is 0 Å². The lowest BCUT2D eigenvalue weighted by Crippen LogP contribution is -2.10. The van der Waals surface area contributed by atoms with Crippen LogP contribution in [0.25, 0.3) is 11.3 Å². The van der Waals surface area contributed by atoms with Crippen LogP contribution in [0.2, 0.25) is 5.02 Å². The predicted octanol–water partition coefficient (Wildman–Crippen LogP) is 4.08. The first kappa shape index (κ1) is 14.3. The molecule has 0 bridgehead atoms. The Morgan fingerprint density at radius 3 is 2.59 bits per heavy atom. The summed E-state index contributed by atoms with van der Waals surface area (Å²) in [7, 11) is 0. The molecule has 5 heteroatoms. The van der Waals surface area contributed by atoms with Gasteiger partial charge in [-0.05, 0) is 24.6 Å². The van der Waals surface area contributed by atoms with E-state index < -0.39 is 0 Å². The first-order valence-electron chi connectivity index (χ1n) is 6.87. The molecule has 0 saturated carbocycles. The van der Waals surface area contributed by atoms with Crippen molar-refractivity contribution in [2.45, 2.75) is 13.0 Å². The number of aromatic nitrogens is 3. The van der Waals surface area contributed by atoms with Gasteiger partial charge >= 0.3 is 0 Å². The van der Waals surface area contributed by atoms with E-state index >= 15 is 0 Å². The van der Waals surface area contributed by atoms with E-state index in [1.54, 1.807) is 10.7 Å². The molecule has 1 unspecified atom stereocenters. The molecule has 1 heterocycles. The Morgan fingerprint density at radius 2 is 1.91 bits per heavy atom. The highest BCUT2D eigenvalue weighted by Crippen LogP contribution is 2.29. The fourth-order valence-electron chi connectivity index (χ4n) is 2.42. The molecule has 0 spiro atoms. The van der Waals surface area contributed by atoms with E-state index in [0.717, 1.165) is 11.1 Å². The lowest BCUT2D eigenvalue weighted by Gasteiger charge is -2.15. The average molecular weight is 309 g/mol. The topological polar surface area (TPSA) is 54.5 Å². The van der Waals surface area contributed by atoms with Gasteiger partial charge in [-0.3, -0.25) is 0 Å². The third-order valence-corrected chi connectivity index (χ3v) is 3.78. The Balaban J connectivity index is 2.14. The van der Waals surface area contributed by atoms with Crippen LogP contribution in [0.3, 0.4) is 0 Å². The normalized spacial score (nSPS) is 11.9. The highest BCUT2D eigenvalue weighted by molar-refractivity contribution is 6.30. The second-order valence-corrected chi connectivity index (χ2v) is 5.38. The summed E-state index contributed by atoms with van der Waals surface area (Å²) in [6.07, 6.45) is 0. The molecule has 108 valence electrons. The summed E-state index contributed by atoms with van der Waals surface area (Å²) in [5.41, 5.74) is 2.91. The maximum Gasteiger partial charge on any atom is 0.190 e. The van der Waals surface area contributed by atoms with Crippen LogP contribution in [-0.4, -0.2) is 15.0 Å². The number of benzene rings is 2. The summed E-state index contributed by atoms with van der Waals surface area (Å²) < 4.78 is 1.76. The molecule has 2 aromatic carbocycles. The molecule has 0 saturated heterocycles. The molecule has 3 aromatic rings. The van der Waals surface area contributed by atoms with Gasteiger partial charge in [0.25, 0.3) is 0 Å². The molecule has 22 heavy (non-hydrogen) atoms. The van der Waals surface area contributed by atoms with Gasteiger partial charge in [-0.25, -0.2) is 4.68 Å². The van der Waals surface area contributed by atoms with Crippen molar-refractivity contribution in [2.75, 3.05) is 0 Å². The Hall–Kier alpha value is -2.64. The second kappa shape index (κ2) is 6.00. The van der Waals surface area contributed by atoms with Crippen molar-refractivity contribution in [3.05, 3.63) is 70.9 Å². The van der Waals surface area contributed by atoms with E-state index in [4.69, 9.17) is 11.6 Å². The van der Waals surface area contributed by atoms with Gasteiger partial charge in [0, 0.05) is 10.6 Å². The molecular weight excluding hydrogens is 296 g/mol. The average Bonchev–Trinajstić information content (AvgIpc) is 2.99. The van der Waals surface area contributed by atoms with Crippen LogP contribution in [0.5, 0.6) is 0 Å². The van der Waals surface area contributed by atoms with Gasteiger partial charge in [0.1, 0.15) is 11.8 Å². The third kappa shape index (κ3) is 2.59. The minimum atomic E-state index is -0.0372. The molecule has 0 aliphatic carbocycles. The second-order valence-electron chi connectivity index (χ2n) is 4.94. The van der Waals surface area contributed by atoms with E-state index in [9.17, 15) is 5.26 Å². The molecule has 0 aliphatic heterocycles. The number of hydrogen-bond donors (Lipinski definition) is 0. The van der Waals surface area contributed by atoms with Crippen molar-refractivity contribution in [3.63, 3.8) is 0 Å². The number of nitrogens with zero attached hydrogens (tertiary/aromatic N) is 4. The summed E-state index contributed by atoms with van der Waals surface area (Å²) in [5, 5.41) is 18.1. The minimum absolute atomic E-state index is 0.0372. The van der Waals surface area contributed by atoms with E-state index in [1.807, 2.05) is 55.5 Å². The van der Waals surface area contributed by atoms with Crippen LogP contribution in [0, 0.1) is 11.3 Å². The molecule has 1 atom stereocenters. The zero-order valence-electron chi connectivity index (χ0n) is 11.9. The first-order valence-corrected chi connectivity index (χ1v) is 7.24. The Kier molecular flexibility index (Phi) is 3.90. The monoisotopic (exact) mass is 308 g/mol. The van der Waals surface area contributed by atoms with Gasteiger partial charge in [0.2, 0.25) is 0 Å². The SMILES string of the molecule is CC(c1ccccc1)n1nnc(C#N)c1-c1cccc(Cl)c1. The van der Waals surface area contributed by atoms with E-state index in [1.165, 1.54) is 0 Å². The summed E-state index contributed by atoms with van der Waals surface area (Å²) in [6.45, 7) is 2.03. The van der Waals surface area contributed by atoms with Crippen LogP contribution in [0.15, 0.2) is 54.6 Å². The molecule has 0 radical (unpaired) electrons. The predicted molar refractivity (Wildman–Crippen MR) is 85.4 cm³/mol. The fraction of sp³-hybridized carbons (Fsp3) is 0.118. The van der Waals surface area contributed by atoms with Crippen molar-refractivity contribution < 1.29 is 0 Å². The van der Waals surface area contributed by atoms with Gasteiger partial charge in [0.15, 0.2) is 5.69 Å². The third-order valence-electron chi connectivity index (χ3n) is 3.55. The highest BCUT2D eigenvalue weighted by atomic mass is 35.5. The lowest BCUT2D eigenvalue weighted by atomic mass is 10.1. The van der Waals surface area contributed by atoms with Crippen molar-refractivity contribution >= 4 is 11.6 Å². The number of nitriles is 1. The number of hydrogen-bond acceptors (Lipinski definition) is 3.